The van der Waals surface area contributed by atoms with Crippen molar-refractivity contribution in [2.75, 3.05) is 33.1 Å². The molecule has 7 heteroatoms. The molecule has 3 rings (SSSR count). The summed E-state index contributed by atoms with van der Waals surface area (Å²) in [6, 6.07) is 5.66. The second kappa shape index (κ2) is 9.17. The van der Waals surface area contributed by atoms with Crippen LogP contribution in [-0.4, -0.2) is 53.4 Å². The zero-order valence-electron chi connectivity index (χ0n) is 16.2. The highest BCUT2D eigenvalue weighted by Crippen LogP contribution is 2.29. The van der Waals surface area contributed by atoms with E-state index in [1.165, 1.54) is 0 Å². The van der Waals surface area contributed by atoms with Crippen LogP contribution in [0.3, 0.4) is 0 Å². The maximum absolute atomic E-state index is 12.7. The van der Waals surface area contributed by atoms with Crippen LogP contribution in [0.4, 0.5) is 0 Å². The van der Waals surface area contributed by atoms with Crippen LogP contribution >= 0.6 is 11.8 Å². The van der Waals surface area contributed by atoms with E-state index in [1.807, 2.05) is 47.1 Å². The summed E-state index contributed by atoms with van der Waals surface area (Å²) in [5, 5.41) is 1.06. The lowest BCUT2D eigenvalue weighted by Crippen LogP contribution is -2.39. The molecule has 146 valence electrons. The Labute approximate surface area is 164 Å². The first kappa shape index (κ1) is 19.6. The molecule has 1 amide bonds. The average molecular weight is 390 g/mol. The van der Waals surface area contributed by atoms with Gasteiger partial charge >= 0.3 is 0 Å². The van der Waals surface area contributed by atoms with Crippen molar-refractivity contribution in [2.45, 2.75) is 24.4 Å². The summed E-state index contributed by atoms with van der Waals surface area (Å²) >= 11 is 1.80. The van der Waals surface area contributed by atoms with Gasteiger partial charge in [0.15, 0.2) is 16.7 Å². The van der Waals surface area contributed by atoms with Gasteiger partial charge in [-0.1, -0.05) is 17.8 Å². The van der Waals surface area contributed by atoms with Gasteiger partial charge in [-0.3, -0.25) is 4.79 Å². The Morgan fingerprint density at radius 1 is 1.22 bits per heavy atom. The molecular formula is C20H27N3O3S. The minimum Gasteiger partial charge on any atom is -0.493 e. The van der Waals surface area contributed by atoms with Gasteiger partial charge in [0.1, 0.15) is 0 Å². The molecule has 1 fully saturated rings. The Hall–Kier alpha value is -2.15. The van der Waals surface area contributed by atoms with Crippen LogP contribution < -0.4 is 9.47 Å². The van der Waals surface area contributed by atoms with E-state index in [1.54, 1.807) is 26.0 Å². The van der Waals surface area contributed by atoms with Gasteiger partial charge < -0.3 is 18.9 Å². The summed E-state index contributed by atoms with van der Waals surface area (Å²) in [5.41, 5.74) is 0.949. The Bertz CT molecular complexity index is 770. The van der Waals surface area contributed by atoms with Gasteiger partial charge in [-0.05, 0) is 36.5 Å². The fraction of sp³-hybridized carbons (Fsp3) is 0.500. The van der Waals surface area contributed by atoms with Crippen LogP contribution in [0.25, 0.3) is 0 Å². The number of ether oxygens (including phenoxy) is 2. The Balaban J connectivity index is 1.47. The third-order valence-corrected chi connectivity index (χ3v) is 6.29. The molecule has 0 bridgehead atoms. The van der Waals surface area contributed by atoms with Crippen molar-refractivity contribution < 1.29 is 14.3 Å². The second-order valence-electron chi connectivity index (χ2n) is 6.82. The monoisotopic (exact) mass is 389 g/mol. The number of carbonyl (C=O) groups is 1. The third-order valence-electron chi connectivity index (χ3n) is 5.00. The van der Waals surface area contributed by atoms with Crippen LogP contribution in [0, 0.1) is 5.92 Å². The average Bonchev–Trinajstić information content (AvgIpc) is 3.11. The summed E-state index contributed by atoms with van der Waals surface area (Å²) in [4.78, 5) is 19.0. The Kier molecular flexibility index (Phi) is 6.66. The molecule has 1 aromatic heterocycles. The van der Waals surface area contributed by atoms with Crippen LogP contribution in [0.1, 0.15) is 18.4 Å². The molecule has 0 saturated carbocycles. The van der Waals surface area contributed by atoms with Gasteiger partial charge in [0.25, 0.3) is 0 Å². The molecule has 6 nitrogen and oxygen atoms in total. The number of carbonyl (C=O) groups excluding carboxylic acids is 1. The van der Waals surface area contributed by atoms with E-state index in [0.29, 0.717) is 23.8 Å². The smallest absolute Gasteiger partial charge is 0.226 e. The number of amides is 1. The normalized spacial score (nSPS) is 15.0. The maximum Gasteiger partial charge on any atom is 0.226 e. The summed E-state index contributed by atoms with van der Waals surface area (Å²) in [6.45, 7) is 1.66. The molecule has 0 aliphatic carbocycles. The van der Waals surface area contributed by atoms with Gasteiger partial charge in [0, 0.05) is 38.3 Å². The number of thioether (sulfide) groups is 1. The van der Waals surface area contributed by atoms with Crippen molar-refractivity contribution in [2.24, 2.45) is 13.0 Å². The molecule has 27 heavy (non-hydrogen) atoms. The molecular weight excluding hydrogens is 362 g/mol. The minimum atomic E-state index is 0.178. The van der Waals surface area contributed by atoms with Crippen molar-refractivity contribution in [3.05, 3.63) is 36.2 Å². The standard InChI is InChI=1S/C20H27N3O3S/c1-22-11-8-21-20(22)27-14-15-6-9-23(10-7-15)19(24)13-16-4-5-17(25-2)18(12-16)26-3/h4-5,8,11-12,15H,6-7,9-10,13-14H2,1-3H3. The molecule has 0 N–H and O–H groups in total. The second-order valence-corrected chi connectivity index (χ2v) is 7.81. The molecule has 0 atom stereocenters. The summed E-state index contributed by atoms with van der Waals surface area (Å²) < 4.78 is 12.6. The van der Waals surface area contributed by atoms with Crippen LogP contribution in [-0.2, 0) is 18.3 Å². The number of rotatable bonds is 7. The number of hydrogen-bond acceptors (Lipinski definition) is 5. The number of imidazole rings is 1. The number of nitrogens with zero attached hydrogens (tertiary/aromatic N) is 3. The topological polar surface area (TPSA) is 56.6 Å². The van der Waals surface area contributed by atoms with E-state index in [2.05, 4.69) is 4.98 Å². The van der Waals surface area contributed by atoms with E-state index in [9.17, 15) is 4.79 Å². The first-order valence-electron chi connectivity index (χ1n) is 9.19. The Morgan fingerprint density at radius 2 is 1.96 bits per heavy atom. The van der Waals surface area contributed by atoms with E-state index < -0.39 is 0 Å². The van der Waals surface area contributed by atoms with Crippen LogP contribution in [0.5, 0.6) is 11.5 Å². The zero-order valence-corrected chi connectivity index (χ0v) is 17.0. The van der Waals surface area contributed by atoms with Gasteiger partial charge in [-0.25, -0.2) is 4.98 Å². The summed E-state index contributed by atoms with van der Waals surface area (Å²) in [7, 11) is 5.24. The molecule has 0 unspecified atom stereocenters. The predicted molar refractivity (Wildman–Crippen MR) is 106 cm³/mol. The number of methoxy groups -OCH3 is 2. The van der Waals surface area contributed by atoms with Crippen LogP contribution in [0.2, 0.25) is 0 Å². The highest BCUT2D eigenvalue weighted by molar-refractivity contribution is 7.99. The molecule has 1 saturated heterocycles. The highest BCUT2D eigenvalue weighted by Gasteiger charge is 2.23. The Morgan fingerprint density at radius 3 is 2.59 bits per heavy atom. The number of hydrogen-bond donors (Lipinski definition) is 0. The van der Waals surface area contributed by atoms with Crippen molar-refractivity contribution in [3.8, 4) is 11.5 Å². The van der Waals surface area contributed by atoms with Crippen molar-refractivity contribution in [3.63, 3.8) is 0 Å². The fourth-order valence-corrected chi connectivity index (χ4v) is 4.43. The first-order valence-corrected chi connectivity index (χ1v) is 10.2. The molecule has 1 aromatic carbocycles. The number of benzene rings is 1. The summed E-state index contributed by atoms with van der Waals surface area (Å²) in [6.07, 6.45) is 6.30. The lowest BCUT2D eigenvalue weighted by molar-refractivity contribution is -0.131. The number of aromatic nitrogens is 2. The largest absolute Gasteiger partial charge is 0.493 e. The van der Waals surface area contributed by atoms with E-state index in [4.69, 9.17) is 9.47 Å². The first-order chi connectivity index (χ1) is 13.1. The van der Waals surface area contributed by atoms with Gasteiger partial charge in [0.2, 0.25) is 5.91 Å². The molecule has 1 aliphatic rings. The van der Waals surface area contributed by atoms with E-state index >= 15 is 0 Å². The van der Waals surface area contributed by atoms with Crippen molar-refractivity contribution in [1.82, 2.24) is 14.5 Å². The van der Waals surface area contributed by atoms with Crippen molar-refractivity contribution in [1.29, 1.82) is 0 Å². The number of piperidine rings is 1. The minimum absolute atomic E-state index is 0.178. The maximum atomic E-state index is 12.7. The van der Waals surface area contributed by atoms with Gasteiger partial charge in [0.05, 0.1) is 20.6 Å². The highest BCUT2D eigenvalue weighted by atomic mass is 32.2. The third kappa shape index (κ3) is 4.97. The zero-order chi connectivity index (χ0) is 19.2. The van der Waals surface area contributed by atoms with Gasteiger partial charge in [-0.15, -0.1) is 0 Å². The SMILES string of the molecule is COc1ccc(CC(=O)N2CCC(CSc3nccn3C)CC2)cc1OC. The lowest BCUT2D eigenvalue weighted by Gasteiger charge is -2.32. The van der Waals surface area contributed by atoms with E-state index in [0.717, 1.165) is 42.4 Å². The van der Waals surface area contributed by atoms with Gasteiger partial charge in [-0.2, -0.15) is 0 Å². The quantitative estimate of drug-likeness (QED) is 0.682. The predicted octanol–water partition coefficient (Wildman–Crippen LogP) is 3.01. The molecule has 0 spiro atoms. The fourth-order valence-electron chi connectivity index (χ4n) is 3.31. The molecule has 2 aromatic rings. The van der Waals surface area contributed by atoms with Crippen LogP contribution in [0.15, 0.2) is 35.7 Å². The summed E-state index contributed by atoms with van der Waals surface area (Å²) in [5.74, 6) is 3.21. The molecule has 2 heterocycles. The molecule has 1 aliphatic heterocycles. The van der Waals surface area contributed by atoms with E-state index in [-0.39, 0.29) is 5.91 Å². The van der Waals surface area contributed by atoms with Crippen molar-refractivity contribution >= 4 is 17.7 Å². The molecule has 0 radical (unpaired) electrons. The lowest BCUT2D eigenvalue weighted by atomic mass is 9.98. The number of aryl methyl sites for hydroxylation is 1. The number of likely N-dealkylation sites (tertiary alicyclic amines) is 1.